The number of rotatable bonds is 37. The normalized spacial score (nSPS) is 15.0. The van der Waals surface area contributed by atoms with Crippen LogP contribution in [-0.4, -0.2) is 70.7 Å². The van der Waals surface area contributed by atoms with Gasteiger partial charge in [0, 0.05) is 13.0 Å². The monoisotopic (exact) mass is 812 g/mol. The molecule has 0 saturated heterocycles. The van der Waals surface area contributed by atoms with E-state index < -0.39 is 19.9 Å². The van der Waals surface area contributed by atoms with E-state index in [0.717, 1.165) is 89.9 Å². The van der Waals surface area contributed by atoms with E-state index in [1.54, 1.807) is 0 Å². The number of ether oxygens (including phenoxy) is 2. The molecule has 2 atom stereocenters. The number of carbonyl (C=O) groups excluding carboxylic acids is 1. The maximum atomic E-state index is 12.6. The van der Waals surface area contributed by atoms with Gasteiger partial charge in [0.1, 0.15) is 19.3 Å². The summed E-state index contributed by atoms with van der Waals surface area (Å²) in [6, 6.07) is 0. The van der Waals surface area contributed by atoms with Gasteiger partial charge in [-0.3, -0.25) is 9.36 Å². The lowest BCUT2D eigenvalue weighted by atomic mass is 10.2. The zero-order valence-corrected chi connectivity index (χ0v) is 37.1. The van der Waals surface area contributed by atoms with Crippen LogP contribution in [0.25, 0.3) is 0 Å². The second-order valence-electron chi connectivity index (χ2n) is 14.6. The highest BCUT2D eigenvalue weighted by molar-refractivity contribution is 7.45. The molecular weight excluding hydrogens is 734 g/mol. The second-order valence-corrected chi connectivity index (χ2v) is 16.0. The first-order chi connectivity index (χ1) is 27.6. The van der Waals surface area contributed by atoms with Crippen LogP contribution in [0, 0.1) is 0 Å². The summed E-state index contributed by atoms with van der Waals surface area (Å²) < 4.78 is 34.4. The molecule has 0 N–H and O–H groups in total. The van der Waals surface area contributed by atoms with Gasteiger partial charge in [0.15, 0.2) is 0 Å². The van der Waals surface area contributed by atoms with E-state index in [9.17, 15) is 14.3 Å². The molecule has 9 heteroatoms. The van der Waals surface area contributed by atoms with E-state index in [0.29, 0.717) is 24.1 Å². The maximum absolute atomic E-state index is 12.6. The highest BCUT2D eigenvalue weighted by Gasteiger charge is 2.20. The number of quaternary nitrogens is 1. The summed E-state index contributed by atoms with van der Waals surface area (Å²) in [5, 5.41) is 0. The fraction of sp³-hybridized carbons (Fsp3) is 0.562. The van der Waals surface area contributed by atoms with Gasteiger partial charge in [-0.25, -0.2) is 0 Å². The van der Waals surface area contributed by atoms with Gasteiger partial charge in [-0.1, -0.05) is 135 Å². The van der Waals surface area contributed by atoms with E-state index in [4.69, 9.17) is 18.5 Å². The third-order valence-electron chi connectivity index (χ3n) is 8.01. The van der Waals surface area contributed by atoms with Crippen LogP contribution in [0.4, 0.5) is 0 Å². The fourth-order valence-electron chi connectivity index (χ4n) is 4.79. The molecule has 0 saturated carbocycles. The molecule has 0 rings (SSSR count). The highest BCUT2D eigenvalue weighted by Crippen LogP contribution is 2.38. The van der Waals surface area contributed by atoms with Gasteiger partial charge in [-0.2, -0.15) is 0 Å². The largest absolute Gasteiger partial charge is 0.756 e. The van der Waals surface area contributed by atoms with E-state index in [2.05, 4.69) is 135 Å². The number of hydrogen-bond donors (Lipinski definition) is 0. The van der Waals surface area contributed by atoms with Crippen LogP contribution in [0.3, 0.4) is 0 Å². The Morgan fingerprint density at radius 1 is 0.544 bits per heavy atom. The number of hydrogen-bond acceptors (Lipinski definition) is 7. The number of likely N-dealkylation sites (N-methyl/N-ethyl adjacent to an activating group) is 1. The van der Waals surface area contributed by atoms with Crippen molar-refractivity contribution in [3.63, 3.8) is 0 Å². The first-order valence-electron chi connectivity index (χ1n) is 21.3. The molecule has 0 aliphatic rings. The van der Waals surface area contributed by atoms with Crippen LogP contribution in [-0.2, 0) is 27.9 Å². The molecule has 0 radical (unpaired) electrons. The van der Waals surface area contributed by atoms with Gasteiger partial charge in [0.05, 0.1) is 34.4 Å². The van der Waals surface area contributed by atoms with E-state index in [1.807, 2.05) is 21.1 Å². The molecule has 322 valence electrons. The van der Waals surface area contributed by atoms with Crippen LogP contribution in [0.2, 0.25) is 0 Å². The van der Waals surface area contributed by atoms with Crippen molar-refractivity contribution in [1.29, 1.82) is 0 Å². The molecular formula is C48H78NO7P. The zero-order valence-electron chi connectivity index (χ0n) is 36.2. The molecule has 0 spiro atoms. The Bertz CT molecular complexity index is 1310. The number of nitrogens with zero attached hydrogens (tertiary/aromatic N) is 1. The minimum absolute atomic E-state index is 0.000886. The average molecular weight is 812 g/mol. The molecule has 0 aromatic rings. The predicted molar refractivity (Wildman–Crippen MR) is 240 cm³/mol. The molecule has 2 unspecified atom stereocenters. The summed E-state index contributed by atoms with van der Waals surface area (Å²) in [6.45, 7) is 4.91. The Balaban J connectivity index is 4.47. The van der Waals surface area contributed by atoms with E-state index in [-0.39, 0.29) is 26.2 Å². The average Bonchev–Trinajstić information content (AvgIpc) is 3.16. The smallest absolute Gasteiger partial charge is 0.306 e. The van der Waals surface area contributed by atoms with Gasteiger partial charge in [0.25, 0.3) is 7.82 Å². The topological polar surface area (TPSA) is 94.1 Å². The first-order valence-corrected chi connectivity index (χ1v) is 22.7. The summed E-state index contributed by atoms with van der Waals surface area (Å²) in [7, 11) is 1.27. The second kappa shape index (κ2) is 39.7. The number of esters is 1. The Labute approximate surface area is 348 Å². The summed E-state index contributed by atoms with van der Waals surface area (Å²) >= 11 is 0. The molecule has 0 heterocycles. The summed E-state index contributed by atoms with van der Waals surface area (Å²) in [4.78, 5) is 25.0. The molecule has 0 aromatic carbocycles. The quantitative estimate of drug-likeness (QED) is 0.0203. The Kier molecular flexibility index (Phi) is 37.6. The minimum atomic E-state index is -4.56. The van der Waals surface area contributed by atoms with Crippen molar-refractivity contribution < 1.29 is 37.3 Å². The third kappa shape index (κ3) is 43.9. The molecule has 0 aliphatic heterocycles. The van der Waals surface area contributed by atoms with Crippen molar-refractivity contribution in [3.05, 3.63) is 122 Å². The molecule has 57 heavy (non-hydrogen) atoms. The number of phosphoric acid groups is 1. The SMILES string of the molecule is CC/C=C\C/C=C\C/C=C\C/C=C\C/C=C\C/C=C\CCCOCC(COP(=O)([O-])OCC[N+](C)(C)C)OC(=O)CCCC/C=C\C/C=C\C/C=C\C/C=C\CC. The van der Waals surface area contributed by atoms with Crippen molar-refractivity contribution in [2.75, 3.05) is 54.1 Å². The lowest BCUT2D eigenvalue weighted by Gasteiger charge is -2.28. The lowest BCUT2D eigenvalue weighted by Crippen LogP contribution is -2.37. The molecule has 0 amide bonds. The third-order valence-corrected chi connectivity index (χ3v) is 8.97. The lowest BCUT2D eigenvalue weighted by molar-refractivity contribution is -0.870. The standard InChI is InChI=1S/C48H78NO7P/c1-6-8-10-12-14-16-18-20-22-23-24-25-26-28-30-32-34-36-38-40-43-53-45-47(46-55-57(51,52)54-44-42-49(3,4)5)56-48(50)41-39-37-35-33-31-29-27-21-19-17-15-13-11-9-7-2/h8-11,14-17,20-22,24-25,27-28,30-31,33-34,36,47H,6-7,12-13,18-19,23,26,29,32,35,37-46H2,1-5H3/b10-8-,11-9-,16-14-,17-15-,22-20-,25-24-,27-21-,30-28-,33-31-,36-34-. The molecule has 8 nitrogen and oxygen atoms in total. The minimum Gasteiger partial charge on any atom is -0.756 e. The number of unbranched alkanes of at least 4 members (excludes halogenated alkanes) is 3. The predicted octanol–water partition coefficient (Wildman–Crippen LogP) is 12.0. The van der Waals surface area contributed by atoms with Gasteiger partial charge >= 0.3 is 5.97 Å². The van der Waals surface area contributed by atoms with E-state index >= 15 is 0 Å². The molecule has 0 fully saturated rings. The Morgan fingerprint density at radius 3 is 1.37 bits per heavy atom. The van der Waals surface area contributed by atoms with Crippen LogP contribution >= 0.6 is 7.82 Å². The highest BCUT2D eigenvalue weighted by atomic mass is 31.2. The van der Waals surface area contributed by atoms with Crippen molar-refractivity contribution in [1.82, 2.24) is 0 Å². The number of allylic oxidation sites excluding steroid dienone is 20. The molecule has 0 aliphatic carbocycles. The van der Waals surface area contributed by atoms with E-state index in [1.165, 1.54) is 0 Å². The van der Waals surface area contributed by atoms with Gasteiger partial charge in [-0.15, -0.1) is 0 Å². The summed E-state index contributed by atoms with van der Waals surface area (Å²) in [6.07, 6.45) is 56.6. The first kappa shape index (κ1) is 53.9. The van der Waals surface area contributed by atoms with Crippen molar-refractivity contribution in [3.8, 4) is 0 Å². The molecule has 0 bridgehead atoms. The summed E-state index contributed by atoms with van der Waals surface area (Å²) in [5.41, 5.74) is 0. The Morgan fingerprint density at radius 2 is 0.947 bits per heavy atom. The van der Waals surface area contributed by atoms with Crippen LogP contribution in [0.1, 0.15) is 117 Å². The summed E-state index contributed by atoms with van der Waals surface area (Å²) in [5.74, 6) is -0.401. The van der Waals surface area contributed by atoms with Crippen molar-refractivity contribution in [2.45, 2.75) is 123 Å². The van der Waals surface area contributed by atoms with Crippen molar-refractivity contribution in [2.24, 2.45) is 0 Å². The van der Waals surface area contributed by atoms with Crippen LogP contribution in [0.15, 0.2) is 122 Å². The fourth-order valence-corrected chi connectivity index (χ4v) is 5.51. The van der Waals surface area contributed by atoms with Gasteiger partial charge in [0.2, 0.25) is 0 Å². The maximum Gasteiger partial charge on any atom is 0.306 e. The van der Waals surface area contributed by atoms with Crippen molar-refractivity contribution >= 4 is 13.8 Å². The van der Waals surface area contributed by atoms with Crippen LogP contribution in [0.5, 0.6) is 0 Å². The van der Waals surface area contributed by atoms with Gasteiger partial charge < -0.3 is 27.9 Å². The van der Waals surface area contributed by atoms with Crippen LogP contribution < -0.4 is 4.89 Å². The molecule has 0 aromatic heterocycles. The Hall–Kier alpha value is -3.10. The number of phosphoric ester groups is 1. The zero-order chi connectivity index (χ0) is 42.0. The number of carbonyl (C=O) groups is 1. The van der Waals surface area contributed by atoms with Gasteiger partial charge in [-0.05, 0) is 96.3 Å².